The van der Waals surface area contributed by atoms with Crippen molar-refractivity contribution in [1.29, 1.82) is 0 Å². The molecule has 0 aromatic rings. The zero-order valence-electron chi connectivity index (χ0n) is 9.17. The standard InChI is InChI=1S/C12H18O2/c1-7-8-6-9(8)12(11(7,2)3)5-4-10(13)14-12/h7-9H,4-6H2,1-3H3. The van der Waals surface area contributed by atoms with E-state index >= 15 is 0 Å². The maximum atomic E-state index is 11.3. The third-order valence-corrected chi connectivity index (χ3v) is 5.31. The third kappa shape index (κ3) is 0.731. The average Bonchev–Trinajstić information content (AvgIpc) is 2.78. The molecular formula is C12H18O2. The van der Waals surface area contributed by atoms with Gasteiger partial charge < -0.3 is 4.74 Å². The lowest BCUT2D eigenvalue weighted by molar-refractivity contribution is -0.161. The second-order valence-corrected chi connectivity index (χ2v) is 5.88. The molecule has 1 saturated heterocycles. The second-order valence-electron chi connectivity index (χ2n) is 5.88. The lowest BCUT2D eigenvalue weighted by atomic mass is 9.68. The van der Waals surface area contributed by atoms with Gasteiger partial charge in [-0.1, -0.05) is 20.8 Å². The maximum absolute atomic E-state index is 11.3. The molecule has 1 spiro atoms. The number of carbonyl (C=O) groups excluding carboxylic acids is 1. The summed E-state index contributed by atoms with van der Waals surface area (Å²) < 4.78 is 5.71. The molecule has 2 aliphatic carbocycles. The van der Waals surface area contributed by atoms with E-state index in [1.807, 2.05) is 0 Å². The molecule has 2 nitrogen and oxygen atoms in total. The monoisotopic (exact) mass is 194 g/mol. The Labute approximate surface area is 85.0 Å². The topological polar surface area (TPSA) is 26.3 Å². The molecule has 1 heterocycles. The minimum atomic E-state index is -0.0891. The molecule has 14 heavy (non-hydrogen) atoms. The van der Waals surface area contributed by atoms with Crippen molar-refractivity contribution in [1.82, 2.24) is 0 Å². The molecule has 1 aliphatic heterocycles. The lowest BCUT2D eigenvalue weighted by Crippen LogP contribution is -2.45. The Morgan fingerprint density at radius 2 is 2.14 bits per heavy atom. The van der Waals surface area contributed by atoms with Gasteiger partial charge in [-0.3, -0.25) is 4.79 Å². The first kappa shape index (κ1) is 8.75. The first-order chi connectivity index (χ1) is 6.49. The third-order valence-electron chi connectivity index (χ3n) is 5.31. The van der Waals surface area contributed by atoms with Gasteiger partial charge in [0.25, 0.3) is 0 Å². The Bertz CT molecular complexity index is 307. The van der Waals surface area contributed by atoms with Crippen LogP contribution in [0.4, 0.5) is 0 Å². The van der Waals surface area contributed by atoms with E-state index < -0.39 is 0 Å². The molecule has 4 unspecified atom stereocenters. The van der Waals surface area contributed by atoms with Gasteiger partial charge in [0.2, 0.25) is 0 Å². The van der Waals surface area contributed by atoms with E-state index in [1.165, 1.54) is 6.42 Å². The summed E-state index contributed by atoms with van der Waals surface area (Å²) in [5.41, 5.74) is 0.0981. The predicted octanol–water partition coefficient (Wildman–Crippen LogP) is 2.37. The quantitative estimate of drug-likeness (QED) is 0.553. The highest BCUT2D eigenvalue weighted by atomic mass is 16.6. The fourth-order valence-corrected chi connectivity index (χ4v) is 4.01. The van der Waals surface area contributed by atoms with Crippen molar-refractivity contribution in [2.24, 2.45) is 23.2 Å². The highest BCUT2D eigenvalue weighted by Crippen LogP contribution is 2.72. The van der Waals surface area contributed by atoms with Crippen molar-refractivity contribution in [3.05, 3.63) is 0 Å². The molecule has 3 fully saturated rings. The van der Waals surface area contributed by atoms with Crippen LogP contribution in [-0.2, 0) is 9.53 Å². The Kier molecular flexibility index (Phi) is 1.36. The van der Waals surface area contributed by atoms with Gasteiger partial charge >= 0.3 is 5.97 Å². The molecule has 0 amide bonds. The largest absolute Gasteiger partial charge is 0.458 e. The zero-order chi connectivity index (χ0) is 10.1. The summed E-state index contributed by atoms with van der Waals surface area (Å²) >= 11 is 0. The Morgan fingerprint density at radius 3 is 2.57 bits per heavy atom. The van der Waals surface area contributed by atoms with Crippen LogP contribution < -0.4 is 0 Å². The number of ether oxygens (including phenoxy) is 1. The molecule has 78 valence electrons. The average molecular weight is 194 g/mol. The Balaban J connectivity index is 2.02. The van der Waals surface area contributed by atoms with Crippen LogP contribution in [-0.4, -0.2) is 11.6 Å². The zero-order valence-corrected chi connectivity index (χ0v) is 9.17. The number of hydrogen-bond donors (Lipinski definition) is 0. The van der Waals surface area contributed by atoms with Gasteiger partial charge in [-0.2, -0.15) is 0 Å². The molecule has 3 rings (SSSR count). The van der Waals surface area contributed by atoms with E-state index in [2.05, 4.69) is 20.8 Å². The summed E-state index contributed by atoms with van der Waals surface area (Å²) in [5, 5.41) is 0. The summed E-state index contributed by atoms with van der Waals surface area (Å²) in [6, 6.07) is 0. The fraction of sp³-hybridized carbons (Fsp3) is 0.917. The van der Waals surface area contributed by atoms with Gasteiger partial charge in [-0.15, -0.1) is 0 Å². The van der Waals surface area contributed by atoms with Crippen LogP contribution >= 0.6 is 0 Å². The van der Waals surface area contributed by atoms with Gasteiger partial charge in [-0.05, 0) is 24.7 Å². The molecule has 3 aliphatic rings. The first-order valence-electron chi connectivity index (χ1n) is 5.71. The molecule has 2 saturated carbocycles. The number of hydrogen-bond acceptors (Lipinski definition) is 2. The molecule has 0 N–H and O–H groups in total. The smallest absolute Gasteiger partial charge is 0.306 e. The summed E-state index contributed by atoms with van der Waals surface area (Å²) in [4.78, 5) is 11.3. The van der Waals surface area contributed by atoms with Crippen LogP contribution in [0, 0.1) is 23.2 Å². The van der Waals surface area contributed by atoms with E-state index in [9.17, 15) is 4.79 Å². The highest BCUT2D eigenvalue weighted by molar-refractivity contribution is 5.73. The van der Waals surface area contributed by atoms with Crippen LogP contribution in [0.5, 0.6) is 0 Å². The first-order valence-corrected chi connectivity index (χ1v) is 5.71. The van der Waals surface area contributed by atoms with Crippen LogP contribution in [0.25, 0.3) is 0 Å². The van der Waals surface area contributed by atoms with Crippen molar-refractivity contribution in [2.75, 3.05) is 0 Å². The summed E-state index contributed by atoms with van der Waals surface area (Å²) in [6.45, 7) is 6.89. The van der Waals surface area contributed by atoms with Gasteiger partial charge in [0.15, 0.2) is 0 Å². The van der Waals surface area contributed by atoms with Crippen molar-refractivity contribution >= 4 is 5.97 Å². The number of carbonyl (C=O) groups is 1. The van der Waals surface area contributed by atoms with Gasteiger partial charge in [0, 0.05) is 17.8 Å². The van der Waals surface area contributed by atoms with Crippen LogP contribution in [0.15, 0.2) is 0 Å². The molecule has 0 radical (unpaired) electrons. The predicted molar refractivity (Wildman–Crippen MR) is 52.6 cm³/mol. The van der Waals surface area contributed by atoms with Crippen molar-refractivity contribution in [3.63, 3.8) is 0 Å². The van der Waals surface area contributed by atoms with Crippen LogP contribution in [0.1, 0.15) is 40.0 Å². The lowest BCUT2D eigenvalue weighted by Gasteiger charge is -2.42. The second kappa shape index (κ2) is 2.17. The van der Waals surface area contributed by atoms with Gasteiger partial charge in [-0.25, -0.2) is 0 Å². The van der Waals surface area contributed by atoms with Crippen molar-refractivity contribution in [3.8, 4) is 0 Å². The van der Waals surface area contributed by atoms with Crippen molar-refractivity contribution < 1.29 is 9.53 Å². The summed E-state index contributed by atoms with van der Waals surface area (Å²) in [5.74, 6) is 2.24. The molecule has 0 bridgehead atoms. The normalized spacial score (nSPS) is 53.4. The molecule has 2 heteroatoms. The maximum Gasteiger partial charge on any atom is 0.306 e. The fourth-order valence-electron chi connectivity index (χ4n) is 4.01. The van der Waals surface area contributed by atoms with E-state index in [4.69, 9.17) is 4.74 Å². The SMILES string of the molecule is CC1C2CC2C2(CCC(=O)O2)C1(C)C. The number of esters is 1. The van der Waals surface area contributed by atoms with Crippen LogP contribution in [0.3, 0.4) is 0 Å². The minimum Gasteiger partial charge on any atom is -0.458 e. The van der Waals surface area contributed by atoms with E-state index in [-0.39, 0.29) is 17.0 Å². The number of rotatable bonds is 0. The van der Waals surface area contributed by atoms with E-state index in [0.29, 0.717) is 18.3 Å². The van der Waals surface area contributed by atoms with E-state index in [0.717, 1.165) is 12.3 Å². The van der Waals surface area contributed by atoms with Crippen LogP contribution in [0.2, 0.25) is 0 Å². The molecule has 0 aromatic heterocycles. The summed E-state index contributed by atoms with van der Waals surface area (Å²) in [7, 11) is 0. The van der Waals surface area contributed by atoms with E-state index in [1.54, 1.807) is 0 Å². The molecule has 0 aromatic carbocycles. The molecule has 4 atom stereocenters. The minimum absolute atomic E-state index is 0.0258. The van der Waals surface area contributed by atoms with Crippen molar-refractivity contribution in [2.45, 2.75) is 45.6 Å². The van der Waals surface area contributed by atoms with Gasteiger partial charge in [0.1, 0.15) is 5.60 Å². The summed E-state index contributed by atoms with van der Waals surface area (Å²) in [6.07, 6.45) is 2.89. The number of fused-ring (bicyclic) bond motifs is 2. The Hall–Kier alpha value is -0.530. The highest BCUT2D eigenvalue weighted by Gasteiger charge is 2.73. The molecular weight excluding hydrogens is 176 g/mol. The Morgan fingerprint density at radius 1 is 1.43 bits per heavy atom. The van der Waals surface area contributed by atoms with Gasteiger partial charge in [0.05, 0.1) is 0 Å².